The average molecular weight is 359 g/mol. The zero-order valence-corrected chi connectivity index (χ0v) is 13.1. The van der Waals surface area contributed by atoms with E-state index < -0.39 is 15.0 Å². The van der Waals surface area contributed by atoms with Crippen molar-refractivity contribution in [2.45, 2.75) is 0 Å². The van der Waals surface area contributed by atoms with Crippen LogP contribution >= 0.6 is 0 Å². The maximum atomic E-state index is 9.27. The van der Waals surface area contributed by atoms with E-state index in [2.05, 4.69) is 17.6 Å². The van der Waals surface area contributed by atoms with Gasteiger partial charge in [0.05, 0.1) is 0 Å². The molecule has 104 valence electrons. The van der Waals surface area contributed by atoms with Crippen molar-refractivity contribution in [1.82, 2.24) is 7.96 Å². The Bertz CT molecular complexity index is 1130. The van der Waals surface area contributed by atoms with Gasteiger partial charge >= 0.3 is 136 Å². The monoisotopic (exact) mass is 360 g/mol. The summed E-state index contributed by atoms with van der Waals surface area (Å²) in [6.45, 7) is 14.5. The maximum absolute atomic E-state index is 9.27. The Morgan fingerprint density at radius 1 is 0.913 bits per heavy atom. The molecule has 0 radical (unpaired) electrons. The Morgan fingerprint density at radius 2 is 1.35 bits per heavy atom. The molecule has 1 aromatic heterocycles. The van der Waals surface area contributed by atoms with E-state index in [1.807, 2.05) is 12.1 Å². The first-order chi connectivity index (χ1) is 11.3. The first kappa shape index (κ1) is 14.5. The summed E-state index contributed by atoms with van der Waals surface area (Å²) in [5.41, 5.74) is 0.731. The average Bonchev–Trinajstić information content (AvgIpc) is 3.07. The number of hydrogen-bond acceptors (Lipinski definition) is 4. The number of benzene rings is 2. The molecule has 0 amide bonds. The van der Waals surface area contributed by atoms with E-state index >= 15 is 0 Å². The molecule has 0 saturated carbocycles. The van der Waals surface area contributed by atoms with Crippen LogP contribution in [0.4, 0.5) is 0 Å². The molecule has 1 heterocycles. The molecule has 2 aromatic carbocycles. The van der Waals surface area contributed by atoms with Crippen molar-refractivity contribution in [3.05, 3.63) is 57.5 Å². The zero-order chi connectivity index (χ0) is 16.4. The van der Waals surface area contributed by atoms with E-state index in [-0.39, 0.29) is 11.4 Å². The van der Waals surface area contributed by atoms with Crippen LogP contribution in [-0.2, 0) is 0 Å². The molecule has 6 nitrogen and oxygen atoms in total. The molecule has 3 rings (SSSR count). The van der Waals surface area contributed by atoms with Gasteiger partial charge in [-0.2, -0.15) is 0 Å². The molecule has 0 aliphatic heterocycles. The van der Waals surface area contributed by atoms with Crippen LogP contribution in [0.15, 0.2) is 24.3 Å². The Balaban J connectivity index is 2.92. The minimum absolute atomic E-state index is 0.0676. The Kier molecular flexibility index (Phi) is 3.60. The molecule has 0 fully saturated rings. The molecule has 0 bridgehead atoms. The predicted octanol–water partition coefficient (Wildman–Crippen LogP) is 0.942. The topological polar surface area (TPSA) is 82.1 Å². The minimum atomic E-state index is -0.422. The van der Waals surface area contributed by atoms with E-state index in [1.165, 1.54) is 0 Å². The molecule has 0 aliphatic carbocycles. The van der Waals surface area contributed by atoms with Crippen molar-refractivity contribution in [2.24, 2.45) is 0 Å². The van der Waals surface area contributed by atoms with Crippen molar-refractivity contribution in [3.8, 4) is 12.1 Å². The second-order valence-electron chi connectivity index (χ2n) is 4.40. The standard InChI is InChI=1S/C16H4N6Se/c1-19-11(7-17)13-9-5-3-4-6-10(9)14(12(8-18)20-2)16-15(13)21-23-22-16/h3-6H/b13-11+,14-12+. The summed E-state index contributed by atoms with van der Waals surface area (Å²) in [5.74, 6) is 0. The molecule has 7 heteroatoms. The van der Waals surface area contributed by atoms with Crippen molar-refractivity contribution < 1.29 is 0 Å². The number of hydrogen-bond donors (Lipinski definition) is 0. The molecule has 3 aromatic rings. The van der Waals surface area contributed by atoms with Crippen molar-refractivity contribution in [1.29, 1.82) is 10.5 Å². The second-order valence-corrected chi connectivity index (χ2v) is 5.51. The van der Waals surface area contributed by atoms with Crippen LogP contribution in [0.2, 0.25) is 0 Å². The van der Waals surface area contributed by atoms with Crippen LogP contribution in [0.3, 0.4) is 0 Å². The van der Waals surface area contributed by atoms with Gasteiger partial charge in [-0.1, -0.05) is 0 Å². The van der Waals surface area contributed by atoms with Gasteiger partial charge in [-0.15, -0.1) is 0 Å². The van der Waals surface area contributed by atoms with Gasteiger partial charge in [-0.25, -0.2) is 0 Å². The van der Waals surface area contributed by atoms with Gasteiger partial charge in [-0.05, 0) is 0 Å². The first-order valence-corrected chi connectivity index (χ1v) is 7.76. The number of rotatable bonds is 0. The van der Waals surface area contributed by atoms with Gasteiger partial charge in [0.15, 0.2) is 0 Å². The molecular formula is C16H4N6Se. The summed E-state index contributed by atoms with van der Waals surface area (Å²) in [4.78, 5) is 6.60. The number of nitrogens with zero attached hydrogens (tertiary/aromatic N) is 6. The molecule has 0 unspecified atom stereocenters. The molecule has 0 atom stereocenters. The van der Waals surface area contributed by atoms with Gasteiger partial charge < -0.3 is 0 Å². The van der Waals surface area contributed by atoms with Gasteiger partial charge in [0.1, 0.15) is 0 Å². The third-order valence-electron chi connectivity index (χ3n) is 3.34. The fourth-order valence-corrected chi connectivity index (χ4v) is 3.62. The molecular weight excluding hydrogens is 355 g/mol. The van der Waals surface area contributed by atoms with Gasteiger partial charge in [0.2, 0.25) is 0 Å². The Labute approximate surface area is 136 Å². The fraction of sp³-hybridized carbons (Fsp3) is 0. The number of fused-ring (bicyclic) bond motifs is 2. The summed E-state index contributed by atoms with van der Waals surface area (Å²) in [7, 11) is 0. The van der Waals surface area contributed by atoms with Gasteiger partial charge in [-0.3, -0.25) is 0 Å². The van der Waals surface area contributed by atoms with Crippen molar-refractivity contribution >= 4 is 48.2 Å². The van der Waals surface area contributed by atoms with E-state index in [1.54, 1.807) is 24.3 Å². The summed E-state index contributed by atoms with van der Waals surface area (Å²) in [5, 5.41) is 20.7. The SMILES string of the molecule is [C-]#[N+]/C(C#N)=c1\c2ccccc2/c(=C(/C#N)[N+]#[C-])c2n[se]nc12. The normalized spacial score (nSPS) is 12.7. The van der Waals surface area contributed by atoms with E-state index in [4.69, 9.17) is 13.1 Å². The summed E-state index contributed by atoms with van der Waals surface area (Å²) < 4.78 is 8.67. The number of nitriles is 2. The van der Waals surface area contributed by atoms with Gasteiger partial charge in [0.25, 0.3) is 0 Å². The number of aromatic nitrogens is 2. The van der Waals surface area contributed by atoms with E-state index in [9.17, 15) is 10.5 Å². The van der Waals surface area contributed by atoms with Gasteiger partial charge in [0, 0.05) is 0 Å². The first-order valence-electron chi connectivity index (χ1n) is 6.23. The summed E-state index contributed by atoms with van der Waals surface area (Å²) >= 11 is -0.422. The predicted molar refractivity (Wildman–Crippen MR) is 84.5 cm³/mol. The van der Waals surface area contributed by atoms with Crippen molar-refractivity contribution in [3.63, 3.8) is 0 Å². The molecule has 0 spiro atoms. The fourth-order valence-electron chi connectivity index (χ4n) is 2.44. The van der Waals surface area contributed by atoms with Crippen LogP contribution in [0.1, 0.15) is 0 Å². The second kappa shape index (κ2) is 5.72. The van der Waals surface area contributed by atoms with Crippen LogP contribution < -0.4 is 10.4 Å². The third-order valence-corrected chi connectivity index (χ3v) is 4.45. The van der Waals surface area contributed by atoms with Crippen LogP contribution in [0.25, 0.3) is 42.9 Å². The summed E-state index contributed by atoms with van der Waals surface area (Å²) in [6, 6.07) is 10.9. The van der Waals surface area contributed by atoms with E-state index in [0.29, 0.717) is 32.2 Å². The molecule has 0 aliphatic rings. The molecule has 0 saturated heterocycles. The third kappa shape index (κ3) is 2.06. The molecule has 23 heavy (non-hydrogen) atoms. The van der Waals surface area contributed by atoms with Crippen LogP contribution in [0, 0.1) is 35.8 Å². The van der Waals surface area contributed by atoms with Crippen LogP contribution in [-0.4, -0.2) is 22.9 Å². The van der Waals surface area contributed by atoms with Crippen LogP contribution in [0.5, 0.6) is 0 Å². The Morgan fingerprint density at radius 3 is 1.70 bits per heavy atom. The van der Waals surface area contributed by atoms with Crippen molar-refractivity contribution in [2.75, 3.05) is 0 Å². The molecule has 0 N–H and O–H groups in total. The quantitative estimate of drug-likeness (QED) is 0.442. The zero-order valence-electron chi connectivity index (χ0n) is 11.4. The summed E-state index contributed by atoms with van der Waals surface area (Å²) in [6.07, 6.45) is 0. The Hall–Kier alpha value is -3.48. The van der Waals surface area contributed by atoms with E-state index in [0.717, 1.165) is 0 Å².